The molecule has 1 heterocycles. The van der Waals surface area contributed by atoms with Crippen LogP contribution in [0.1, 0.15) is 17.7 Å². The van der Waals surface area contributed by atoms with Crippen molar-refractivity contribution in [3.63, 3.8) is 0 Å². The number of hydrogen-bond donors (Lipinski definition) is 2. The largest absolute Gasteiger partial charge is 0.326 e. The molecule has 15 heavy (non-hydrogen) atoms. The molecule has 7 heteroatoms. The summed E-state index contributed by atoms with van der Waals surface area (Å²) in [6.45, 7) is 0.363. The number of rotatable bonds is 4. The first kappa shape index (κ1) is 11.5. The maximum Gasteiger partial charge on any atom is 0.242 e. The summed E-state index contributed by atoms with van der Waals surface area (Å²) in [5.41, 5.74) is 5.46. The number of nitrogens with two attached hydrogens (primary N) is 1. The Morgan fingerprint density at radius 1 is 1.60 bits per heavy atom. The van der Waals surface area contributed by atoms with Crippen molar-refractivity contribution in [2.24, 2.45) is 5.73 Å². The summed E-state index contributed by atoms with van der Waals surface area (Å²) in [4.78, 5) is 1.16. The van der Waals surface area contributed by atoms with Crippen LogP contribution in [0.5, 0.6) is 0 Å². The van der Waals surface area contributed by atoms with Crippen LogP contribution in [0.2, 0.25) is 0 Å². The summed E-state index contributed by atoms with van der Waals surface area (Å²) in [7, 11) is -3.36. The molecular weight excluding hydrogens is 300 g/mol. The lowest BCUT2D eigenvalue weighted by Crippen LogP contribution is -2.25. The average molecular weight is 311 g/mol. The quantitative estimate of drug-likeness (QED) is 0.883. The third-order valence-corrected chi connectivity index (χ3v) is 5.89. The molecule has 3 N–H and O–H groups in total. The molecule has 0 aliphatic heterocycles. The van der Waals surface area contributed by atoms with Gasteiger partial charge in [-0.25, -0.2) is 13.1 Å². The van der Waals surface area contributed by atoms with Crippen LogP contribution in [0, 0.1) is 0 Å². The highest BCUT2D eigenvalue weighted by atomic mass is 79.9. The van der Waals surface area contributed by atoms with E-state index in [1.54, 1.807) is 6.07 Å². The molecule has 1 fully saturated rings. The summed E-state index contributed by atoms with van der Waals surface area (Å²) in [5.74, 6) is 0. The van der Waals surface area contributed by atoms with E-state index in [2.05, 4.69) is 20.7 Å². The summed E-state index contributed by atoms with van der Waals surface area (Å²) >= 11 is 4.61. The fourth-order valence-electron chi connectivity index (χ4n) is 1.17. The molecule has 1 saturated carbocycles. The Hall–Kier alpha value is 0.0500. The second-order valence-electron chi connectivity index (χ2n) is 3.45. The molecule has 2 rings (SSSR count). The van der Waals surface area contributed by atoms with Gasteiger partial charge in [0.15, 0.2) is 0 Å². The predicted octanol–water partition coefficient (Wildman–Crippen LogP) is 1.41. The molecule has 1 aliphatic carbocycles. The number of halogens is 1. The van der Waals surface area contributed by atoms with E-state index in [0.717, 1.165) is 17.7 Å². The van der Waals surface area contributed by atoms with E-state index in [1.165, 1.54) is 11.3 Å². The molecule has 0 spiro atoms. The second kappa shape index (κ2) is 4.14. The molecule has 0 radical (unpaired) electrons. The smallest absolute Gasteiger partial charge is 0.242 e. The third-order valence-electron chi connectivity index (χ3n) is 2.10. The Kier molecular flexibility index (Phi) is 3.18. The molecule has 4 nitrogen and oxygen atoms in total. The van der Waals surface area contributed by atoms with Crippen molar-refractivity contribution in [3.8, 4) is 0 Å². The first-order valence-electron chi connectivity index (χ1n) is 4.53. The Morgan fingerprint density at radius 3 is 2.73 bits per heavy atom. The lowest BCUT2D eigenvalue weighted by Gasteiger charge is -2.02. The molecule has 1 aromatic heterocycles. The third kappa shape index (κ3) is 2.59. The monoisotopic (exact) mass is 310 g/mol. The first-order chi connectivity index (χ1) is 7.03. The highest BCUT2D eigenvalue weighted by Crippen LogP contribution is 2.32. The summed E-state index contributed by atoms with van der Waals surface area (Å²) in [6, 6.07) is 1.75. The zero-order chi connectivity index (χ0) is 11.1. The Bertz CT molecular complexity index is 465. The van der Waals surface area contributed by atoms with Crippen molar-refractivity contribution < 1.29 is 8.42 Å². The lowest BCUT2D eigenvalue weighted by molar-refractivity contribution is 0.581. The molecule has 84 valence electrons. The Morgan fingerprint density at radius 2 is 2.27 bits per heavy atom. The maximum atomic E-state index is 11.9. The minimum Gasteiger partial charge on any atom is -0.326 e. The Balaban J connectivity index is 2.30. The standard InChI is InChI=1S/C8H11BrN2O2S2/c9-8-7(3-6(4-10)14-8)15(12,13)11-5-1-2-5/h3,5,11H,1-2,4,10H2. The Labute approximate surface area is 101 Å². The van der Waals surface area contributed by atoms with E-state index in [9.17, 15) is 8.42 Å². The van der Waals surface area contributed by atoms with Crippen LogP contribution in [0.4, 0.5) is 0 Å². The average Bonchev–Trinajstić information content (AvgIpc) is 2.85. The van der Waals surface area contributed by atoms with Crippen LogP contribution in [-0.2, 0) is 16.6 Å². The van der Waals surface area contributed by atoms with Crippen molar-refractivity contribution in [1.29, 1.82) is 0 Å². The van der Waals surface area contributed by atoms with Gasteiger partial charge in [0.1, 0.15) is 4.90 Å². The van der Waals surface area contributed by atoms with Gasteiger partial charge in [-0.05, 0) is 34.8 Å². The van der Waals surface area contributed by atoms with Gasteiger partial charge in [-0.1, -0.05) is 0 Å². The molecular formula is C8H11BrN2O2S2. The van der Waals surface area contributed by atoms with Gasteiger partial charge in [-0.3, -0.25) is 0 Å². The fraction of sp³-hybridized carbons (Fsp3) is 0.500. The molecule has 0 aromatic carbocycles. The minimum atomic E-state index is -3.36. The van der Waals surface area contributed by atoms with Gasteiger partial charge in [0.2, 0.25) is 10.0 Å². The number of nitrogens with one attached hydrogen (secondary N) is 1. The van der Waals surface area contributed by atoms with Crippen LogP contribution in [0.3, 0.4) is 0 Å². The van der Waals surface area contributed by atoms with Crippen molar-refractivity contribution in [3.05, 3.63) is 14.7 Å². The molecule has 0 bridgehead atoms. The summed E-state index contributed by atoms with van der Waals surface area (Å²) in [5, 5.41) is 0. The van der Waals surface area contributed by atoms with E-state index in [4.69, 9.17) is 5.73 Å². The maximum absolute atomic E-state index is 11.9. The molecule has 0 amide bonds. The van der Waals surface area contributed by atoms with Crippen LogP contribution >= 0.6 is 27.3 Å². The van der Waals surface area contributed by atoms with Gasteiger partial charge in [0.05, 0.1) is 3.79 Å². The fourth-order valence-corrected chi connectivity index (χ4v) is 5.03. The van der Waals surface area contributed by atoms with Gasteiger partial charge in [-0.2, -0.15) is 0 Å². The van der Waals surface area contributed by atoms with Crippen molar-refractivity contribution in [1.82, 2.24) is 4.72 Å². The highest BCUT2D eigenvalue weighted by molar-refractivity contribution is 9.11. The molecule has 0 saturated heterocycles. The van der Waals surface area contributed by atoms with E-state index < -0.39 is 10.0 Å². The number of hydrogen-bond acceptors (Lipinski definition) is 4. The van der Waals surface area contributed by atoms with E-state index in [0.29, 0.717) is 15.2 Å². The zero-order valence-corrected chi connectivity index (χ0v) is 11.1. The normalized spacial score (nSPS) is 16.9. The van der Waals surface area contributed by atoms with Gasteiger partial charge >= 0.3 is 0 Å². The first-order valence-corrected chi connectivity index (χ1v) is 7.63. The molecule has 1 aliphatic rings. The van der Waals surface area contributed by atoms with Crippen molar-refractivity contribution in [2.45, 2.75) is 30.3 Å². The second-order valence-corrected chi connectivity index (χ2v) is 7.59. The highest BCUT2D eigenvalue weighted by Gasteiger charge is 2.29. The van der Waals surface area contributed by atoms with Gasteiger partial charge in [0.25, 0.3) is 0 Å². The molecule has 0 unspecified atom stereocenters. The van der Waals surface area contributed by atoms with Crippen molar-refractivity contribution in [2.75, 3.05) is 0 Å². The number of sulfonamides is 1. The van der Waals surface area contributed by atoms with Gasteiger partial charge < -0.3 is 5.73 Å². The van der Waals surface area contributed by atoms with Crippen LogP contribution < -0.4 is 10.5 Å². The van der Waals surface area contributed by atoms with Gasteiger partial charge in [-0.15, -0.1) is 11.3 Å². The molecule has 1 aromatic rings. The minimum absolute atomic E-state index is 0.128. The molecule has 0 atom stereocenters. The lowest BCUT2D eigenvalue weighted by atomic mass is 10.5. The van der Waals surface area contributed by atoms with Crippen LogP contribution in [-0.4, -0.2) is 14.5 Å². The predicted molar refractivity (Wildman–Crippen MR) is 63.3 cm³/mol. The van der Waals surface area contributed by atoms with E-state index in [1.807, 2.05) is 0 Å². The van der Waals surface area contributed by atoms with E-state index in [-0.39, 0.29) is 6.04 Å². The van der Waals surface area contributed by atoms with Crippen LogP contribution in [0.25, 0.3) is 0 Å². The van der Waals surface area contributed by atoms with E-state index >= 15 is 0 Å². The SMILES string of the molecule is NCc1cc(S(=O)(=O)NC2CC2)c(Br)s1. The van der Waals surface area contributed by atoms with Crippen molar-refractivity contribution >= 4 is 37.3 Å². The summed E-state index contributed by atoms with van der Waals surface area (Å²) in [6.07, 6.45) is 1.87. The summed E-state index contributed by atoms with van der Waals surface area (Å²) < 4.78 is 27.0. The number of thiophene rings is 1. The van der Waals surface area contributed by atoms with Crippen LogP contribution in [0.15, 0.2) is 14.7 Å². The topological polar surface area (TPSA) is 72.2 Å². The zero-order valence-electron chi connectivity index (χ0n) is 7.86. The van der Waals surface area contributed by atoms with Gasteiger partial charge in [0, 0.05) is 17.5 Å².